The molecule has 0 saturated carbocycles. The van der Waals surface area contributed by atoms with Gasteiger partial charge in [0, 0.05) is 0 Å². The number of hydrogen-bond donors (Lipinski definition) is 0. The maximum Gasteiger partial charge on any atom is 2.00 e. The van der Waals surface area contributed by atoms with E-state index >= 15 is 0 Å². The SMILES string of the molecule is CCCCCCCCCCCCCCCCCCOC1(Oc2ccccc2)OS1.[Ca+2].[H-].[H-]. The molecule has 1 aliphatic heterocycles. The summed E-state index contributed by atoms with van der Waals surface area (Å²) in [5.41, 5.74) is 0. The van der Waals surface area contributed by atoms with Crippen LogP contribution in [0.2, 0.25) is 0 Å². The summed E-state index contributed by atoms with van der Waals surface area (Å²) in [6, 6.07) is 9.71. The largest absolute Gasteiger partial charge is 2.00 e. The molecular weight excluding hydrogens is 420 g/mol. The van der Waals surface area contributed by atoms with E-state index in [0.717, 1.165) is 12.2 Å². The van der Waals surface area contributed by atoms with Gasteiger partial charge in [-0.05, 0) is 18.6 Å². The molecule has 3 nitrogen and oxygen atoms in total. The summed E-state index contributed by atoms with van der Waals surface area (Å²) < 4.78 is 16.8. The van der Waals surface area contributed by atoms with Crippen molar-refractivity contribution in [2.45, 2.75) is 115 Å². The van der Waals surface area contributed by atoms with Gasteiger partial charge in [-0.3, -0.25) is 0 Å². The molecule has 1 aromatic rings. The summed E-state index contributed by atoms with van der Waals surface area (Å²) in [5, 5.41) is -0.892. The number of unbranched alkanes of at least 4 members (excludes halogenated alkanes) is 15. The smallest absolute Gasteiger partial charge is 1.00 e. The molecule has 0 amide bonds. The van der Waals surface area contributed by atoms with Gasteiger partial charge >= 0.3 is 43.0 Å². The van der Waals surface area contributed by atoms with E-state index in [2.05, 4.69) is 6.92 Å². The maximum absolute atomic E-state index is 5.78. The van der Waals surface area contributed by atoms with Crippen LogP contribution in [0.25, 0.3) is 0 Å². The van der Waals surface area contributed by atoms with E-state index in [0.29, 0.717) is 6.61 Å². The summed E-state index contributed by atoms with van der Waals surface area (Å²) >= 11 is 1.25. The first-order chi connectivity index (χ1) is 14.3. The third-order valence-electron chi connectivity index (χ3n) is 5.48. The number of benzene rings is 1. The minimum absolute atomic E-state index is 0. The first-order valence-corrected chi connectivity index (χ1v) is 12.8. The van der Waals surface area contributed by atoms with Crippen LogP contribution in [0.4, 0.5) is 0 Å². The van der Waals surface area contributed by atoms with Crippen molar-refractivity contribution in [2.24, 2.45) is 0 Å². The van der Waals surface area contributed by atoms with Crippen LogP contribution in [-0.4, -0.2) is 49.7 Å². The van der Waals surface area contributed by atoms with Gasteiger partial charge in [0.15, 0.2) is 0 Å². The molecule has 1 aliphatic rings. The zero-order valence-electron chi connectivity index (χ0n) is 21.2. The van der Waals surface area contributed by atoms with E-state index in [1.165, 1.54) is 108 Å². The van der Waals surface area contributed by atoms with Gasteiger partial charge in [0.05, 0.1) is 6.61 Å². The molecule has 1 fully saturated rings. The normalized spacial score (nSPS) is 17.5. The van der Waals surface area contributed by atoms with Crippen molar-refractivity contribution in [1.29, 1.82) is 0 Å². The number of hydrogen-bond acceptors (Lipinski definition) is 4. The second-order valence-electron chi connectivity index (χ2n) is 8.23. The Hall–Kier alpha value is 0.550. The molecule has 0 bridgehead atoms. The molecule has 1 aromatic carbocycles. The zero-order chi connectivity index (χ0) is 20.5. The molecule has 0 aromatic heterocycles. The molecule has 1 atom stereocenters. The Labute approximate surface area is 222 Å². The fraction of sp³-hybridized carbons (Fsp3) is 0.760. The van der Waals surface area contributed by atoms with E-state index in [9.17, 15) is 0 Å². The molecule has 1 unspecified atom stereocenters. The van der Waals surface area contributed by atoms with Gasteiger partial charge in [-0.1, -0.05) is 121 Å². The van der Waals surface area contributed by atoms with Gasteiger partial charge in [-0.2, -0.15) is 0 Å². The number of rotatable bonds is 20. The van der Waals surface area contributed by atoms with Crippen LogP contribution >= 0.6 is 12.0 Å². The molecule has 30 heavy (non-hydrogen) atoms. The summed E-state index contributed by atoms with van der Waals surface area (Å²) in [6.07, 6.45) is 22.1. The maximum atomic E-state index is 5.78. The Bertz CT molecular complexity index is 507. The van der Waals surface area contributed by atoms with Crippen molar-refractivity contribution in [3.05, 3.63) is 30.3 Å². The third-order valence-corrected chi connectivity index (χ3v) is 6.12. The standard InChI is InChI=1S/C25H42O3S.Ca.2H/c1-2-3-4-5-6-7-8-9-10-11-12-13-14-15-16-20-23-26-25(28-29-25)27-24-21-18-17-19-22-24;;;/h17-19,21-22H,2-16,20,23H2,1H3;;;/q;+2;2*-1. The average molecular weight is 465 g/mol. The fourth-order valence-corrected chi connectivity index (χ4v) is 4.04. The van der Waals surface area contributed by atoms with Crippen molar-refractivity contribution in [3.8, 4) is 5.75 Å². The Morgan fingerprint density at radius 1 is 0.733 bits per heavy atom. The second kappa shape index (κ2) is 19.1. The predicted octanol–water partition coefficient (Wildman–Crippen LogP) is 8.48. The van der Waals surface area contributed by atoms with E-state index in [-0.39, 0.29) is 40.6 Å². The van der Waals surface area contributed by atoms with Crippen LogP contribution < -0.4 is 4.74 Å². The molecule has 2 rings (SSSR count). The summed E-state index contributed by atoms with van der Waals surface area (Å²) in [4.78, 5) is 0. The van der Waals surface area contributed by atoms with Crippen LogP contribution in [0.15, 0.2) is 30.3 Å². The molecule has 5 heteroatoms. The first kappa shape index (κ1) is 28.6. The summed E-state index contributed by atoms with van der Waals surface area (Å²) in [5.74, 6) is 0.782. The van der Waals surface area contributed by atoms with Gasteiger partial charge in [-0.25, -0.2) is 4.18 Å². The van der Waals surface area contributed by atoms with E-state index in [4.69, 9.17) is 13.7 Å². The van der Waals surface area contributed by atoms with Crippen LogP contribution in [0.3, 0.4) is 0 Å². The molecule has 0 aliphatic carbocycles. The van der Waals surface area contributed by atoms with Gasteiger partial charge in [0.25, 0.3) is 0 Å². The Kier molecular flexibility index (Phi) is 18.2. The van der Waals surface area contributed by atoms with Crippen LogP contribution in [0, 0.1) is 0 Å². The van der Waals surface area contributed by atoms with Crippen molar-refractivity contribution >= 4 is 49.8 Å². The molecule has 0 radical (unpaired) electrons. The van der Waals surface area contributed by atoms with Crippen LogP contribution in [-0.2, 0) is 8.92 Å². The van der Waals surface area contributed by atoms with E-state index in [1.54, 1.807) is 0 Å². The molecule has 1 heterocycles. The molecule has 0 spiro atoms. The van der Waals surface area contributed by atoms with E-state index < -0.39 is 5.31 Å². The monoisotopic (exact) mass is 464 g/mol. The molecule has 1 saturated heterocycles. The van der Waals surface area contributed by atoms with Crippen molar-refractivity contribution in [2.75, 3.05) is 6.61 Å². The zero-order valence-corrected chi connectivity index (χ0v) is 22.3. The van der Waals surface area contributed by atoms with Gasteiger partial charge in [-0.15, -0.1) is 0 Å². The Balaban J connectivity index is 0. The quantitative estimate of drug-likeness (QED) is 0.0636. The van der Waals surface area contributed by atoms with Crippen molar-refractivity contribution in [3.63, 3.8) is 0 Å². The number of para-hydroxylation sites is 1. The molecule has 170 valence electrons. The van der Waals surface area contributed by atoms with Gasteiger partial charge < -0.3 is 12.3 Å². The molecule has 0 N–H and O–H groups in total. The summed E-state index contributed by atoms with van der Waals surface area (Å²) in [7, 11) is 0. The summed E-state index contributed by atoms with van der Waals surface area (Å²) in [6.45, 7) is 2.98. The molecular formula is C25H44CaO3S. The minimum atomic E-state index is -0.892. The average Bonchev–Trinajstić information content (AvgIpc) is 3.50. The number of ether oxygens (including phenoxy) is 2. The van der Waals surface area contributed by atoms with Crippen molar-refractivity contribution < 1.29 is 16.5 Å². The van der Waals surface area contributed by atoms with Crippen LogP contribution in [0.1, 0.15) is 113 Å². The first-order valence-electron chi connectivity index (χ1n) is 12.1. The third kappa shape index (κ3) is 14.6. The predicted molar refractivity (Wildman–Crippen MR) is 132 cm³/mol. The van der Waals surface area contributed by atoms with Crippen molar-refractivity contribution in [1.82, 2.24) is 0 Å². The minimum Gasteiger partial charge on any atom is -1.00 e. The second-order valence-corrected chi connectivity index (χ2v) is 9.07. The van der Waals surface area contributed by atoms with Crippen LogP contribution in [0.5, 0.6) is 5.75 Å². The Morgan fingerprint density at radius 2 is 1.17 bits per heavy atom. The fourth-order valence-electron chi connectivity index (χ4n) is 3.63. The van der Waals surface area contributed by atoms with Gasteiger partial charge in [0.2, 0.25) is 0 Å². The van der Waals surface area contributed by atoms with Gasteiger partial charge in [0.1, 0.15) is 17.8 Å². The Morgan fingerprint density at radius 3 is 1.60 bits per heavy atom. The topological polar surface area (TPSA) is 31.0 Å². The van der Waals surface area contributed by atoms with E-state index in [1.807, 2.05) is 30.3 Å².